The van der Waals surface area contributed by atoms with Crippen molar-refractivity contribution in [3.63, 3.8) is 0 Å². The Morgan fingerprint density at radius 2 is 2.08 bits per heavy atom. The maximum Gasteiger partial charge on any atom is 0.119 e. The molecule has 0 saturated carbocycles. The average molecular weight is 194 g/mol. The highest BCUT2D eigenvalue weighted by Gasteiger charge is 2.22. The largest absolute Gasteiger partial charge is 0.490 e. The van der Waals surface area contributed by atoms with Crippen molar-refractivity contribution in [2.24, 2.45) is 0 Å². The van der Waals surface area contributed by atoms with Gasteiger partial charge in [-0.05, 0) is 18.6 Å². The Morgan fingerprint density at radius 3 is 2.69 bits per heavy atom. The van der Waals surface area contributed by atoms with E-state index in [4.69, 9.17) is 4.74 Å². The summed E-state index contributed by atoms with van der Waals surface area (Å²) >= 11 is 2.00. The second-order valence-electron chi connectivity index (χ2n) is 3.43. The van der Waals surface area contributed by atoms with Gasteiger partial charge in [0.05, 0.1) is 0 Å². The van der Waals surface area contributed by atoms with Crippen LogP contribution in [0.25, 0.3) is 0 Å². The third-order valence-electron chi connectivity index (χ3n) is 2.21. The first-order chi connectivity index (χ1) is 6.34. The summed E-state index contributed by atoms with van der Waals surface area (Å²) in [6, 6.07) is 10.1. The van der Waals surface area contributed by atoms with Crippen molar-refractivity contribution in [1.82, 2.24) is 0 Å². The van der Waals surface area contributed by atoms with Gasteiger partial charge in [0, 0.05) is 11.0 Å². The molecule has 1 fully saturated rings. The standard InChI is InChI=1S/C11H14OS/c1-9-7-11(8-13-9)12-10-5-3-2-4-6-10/h2-6,9,11H,7-8H2,1H3. The molecular weight excluding hydrogens is 180 g/mol. The van der Waals surface area contributed by atoms with Crippen molar-refractivity contribution in [3.8, 4) is 5.75 Å². The summed E-state index contributed by atoms with van der Waals surface area (Å²) in [5.74, 6) is 2.14. The van der Waals surface area contributed by atoms with Crippen LogP contribution >= 0.6 is 11.8 Å². The van der Waals surface area contributed by atoms with Crippen LogP contribution in [-0.4, -0.2) is 17.1 Å². The minimum atomic E-state index is 0.419. The van der Waals surface area contributed by atoms with Crippen molar-refractivity contribution in [3.05, 3.63) is 30.3 Å². The molecule has 1 aromatic carbocycles. The zero-order chi connectivity index (χ0) is 9.10. The predicted molar refractivity (Wildman–Crippen MR) is 57.4 cm³/mol. The summed E-state index contributed by atoms with van der Waals surface area (Å²) in [5, 5.41) is 0.758. The van der Waals surface area contributed by atoms with Crippen LogP contribution in [0.3, 0.4) is 0 Å². The molecule has 70 valence electrons. The molecular formula is C11H14OS. The Kier molecular flexibility index (Phi) is 2.79. The van der Waals surface area contributed by atoms with Gasteiger partial charge in [-0.1, -0.05) is 25.1 Å². The van der Waals surface area contributed by atoms with Gasteiger partial charge in [-0.25, -0.2) is 0 Å². The highest BCUT2D eigenvalue weighted by Crippen LogP contribution is 2.29. The van der Waals surface area contributed by atoms with Gasteiger partial charge < -0.3 is 4.74 Å². The lowest BCUT2D eigenvalue weighted by molar-refractivity contribution is 0.224. The Hall–Kier alpha value is -0.630. The number of hydrogen-bond acceptors (Lipinski definition) is 2. The zero-order valence-electron chi connectivity index (χ0n) is 7.77. The van der Waals surface area contributed by atoms with E-state index in [1.807, 2.05) is 42.1 Å². The van der Waals surface area contributed by atoms with Gasteiger partial charge in [0.25, 0.3) is 0 Å². The second kappa shape index (κ2) is 4.05. The summed E-state index contributed by atoms with van der Waals surface area (Å²) < 4.78 is 5.82. The van der Waals surface area contributed by atoms with E-state index >= 15 is 0 Å². The molecule has 0 aromatic heterocycles. The molecule has 0 radical (unpaired) electrons. The van der Waals surface area contributed by atoms with E-state index in [2.05, 4.69) is 6.92 Å². The molecule has 2 unspecified atom stereocenters. The van der Waals surface area contributed by atoms with E-state index in [9.17, 15) is 0 Å². The van der Waals surface area contributed by atoms with Gasteiger partial charge in [0.1, 0.15) is 11.9 Å². The first-order valence-corrected chi connectivity index (χ1v) is 5.73. The smallest absolute Gasteiger partial charge is 0.119 e. The van der Waals surface area contributed by atoms with E-state index in [0.717, 1.165) is 16.8 Å². The third-order valence-corrected chi connectivity index (χ3v) is 3.53. The lowest BCUT2D eigenvalue weighted by Gasteiger charge is -2.11. The molecule has 0 bridgehead atoms. The lowest BCUT2D eigenvalue weighted by Crippen LogP contribution is -2.15. The van der Waals surface area contributed by atoms with Gasteiger partial charge in [0.15, 0.2) is 0 Å². The molecule has 1 aromatic rings. The molecule has 0 N–H and O–H groups in total. The van der Waals surface area contributed by atoms with Crippen molar-refractivity contribution >= 4 is 11.8 Å². The topological polar surface area (TPSA) is 9.23 Å². The number of hydrogen-bond donors (Lipinski definition) is 0. The van der Waals surface area contributed by atoms with Crippen molar-refractivity contribution in [2.75, 3.05) is 5.75 Å². The summed E-state index contributed by atoms with van der Waals surface area (Å²) in [6.45, 7) is 2.26. The SMILES string of the molecule is CC1CC(Oc2ccccc2)CS1. The molecule has 0 amide bonds. The molecule has 2 rings (SSSR count). The molecule has 1 heterocycles. The van der Waals surface area contributed by atoms with Crippen LogP contribution in [0, 0.1) is 0 Å². The van der Waals surface area contributed by atoms with Gasteiger partial charge >= 0.3 is 0 Å². The van der Waals surface area contributed by atoms with Crippen LogP contribution in [0.2, 0.25) is 0 Å². The minimum Gasteiger partial charge on any atom is -0.490 e. The normalized spacial score (nSPS) is 27.5. The van der Waals surface area contributed by atoms with Gasteiger partial charge in [-0.3, -0.25) is 0 Å². The maximum absolute atomic E-state index is 5.82. The fourth-order valence-corrected chi connectivity index (χ4v) is 2.65. The lowest BCUT2D eigenvalue weighted by atomic mass is 10.2. The summed E-state index contributed by atoms with van der Waals surface area (Å²) in [6.07, 6.45) is 1.60. The average Bonchev–Trinajstić information content (AvgIpc) is 2.53. The first kappa shape index (κ1) is 8.95. The van der Waals surface area contributed by atoms with Gasteiger partial charge in [0.2, 0.25) is 0 Å². The number of ether oxygens (including phenoxy) is 1. The highest BCUT2D eigenvalue weighted by atomic mass is 32.2. The number of rotatable bonds is 2. The van der Waals surface area contributed by atoms with Gasteiger partial charge in [-0.2, -0.15) is 11.8 Å². The number of thioether (sulfide) groups is 1. The fraction of sp³-hybridized carbons (Fsp3) is 0.455. The maximum atomic E-state index is 5.82. The fourth-order valence-electron chi connectivity index (χ4n) is 1.55. The quantitative estimate of drug-likeness (QED) is 0.716. The third kappa shape index (κ3) is 2.41. The van der Waals surface area contributed by atoms with Crippen LogP contribution < -0.4 is 4.74 Å². The molecule has 2 heteroatoms. The Bertz CT molecular complexity index is 260. The molecule has 1 aliphatic rings. The second-order valence-corrected chi connectivity index (χ2v) is 4.90. The van der Waals surface area contributed by atoms with E-state index < -0.39 is 0 Å². The van der Waals surface area contributed by atoms with E-state index in [1.54, 1.807) is 0 Å². The summed E-state index contributed by atoms with van der Waals surface area (Å²) in [4.78, 5) is 0. The Morgan fingerprint density at radius 1 is 1.31 bits per heavy atom. The Balaban J connectivity index is 1.92. The van der Waals surface area contributed by atoms with Crippen molar-refractivity contribution in [1.29, 1.82) is 0 Å². The summed E-state index contributed by atoms with van der Waals surface area (Å²) in [7, 11) is 0. The monoisotopic (exact) mass is 194 g/mol. The van der Waals surface area contributed by atoms with E-state index in [0.29, 0.717) is 6.10 Å². The molecule has 1 aliphatic heterocycles. The number of benzene rings is 1. The molecule has 0 spiro atoms. The van der Waals surface area contributed by atoms with Crippen LogP contribution in [0.5, 0.6) is 5.75 Å². The molecule has 2 atom stereocenters. The summed E-state index contributed by atoms with van der Waals surface area (Å²) in [5.41, 5.74) is 0. The first-order valence-electron chi connectivity index (χ1n) is 4.68. The zero-order valence-corrected chi connectivity index (χ0v) is 8.59. The van der Waals surface area contributed by atoms with Crippen LogP contribution in [0.15, 0.2) is 30.3 Å². The van der Waals surface area contributed by atoms with Crippen molar-refractivity contribution < 1.29 is 4.74 Å². The van der Waals surface area contributed by atoms with Crippen LogP contribution in [0.4, 0.5) is 0 Å². The minimum absolute atomic E-state index is 0.419. The highest BCUT2D eigenvalue weighted by molar-refractivity contribution is 8.00. The molecule has 1 saturated heterocycles. The van der Waals surface area contributed by atoms with E-state index in [1.165, 1.54) is 6.42 Å². The van der Waals surface area contributed by atoms with E-state index in [-0.39, 0.29) is 0 Å². The van der Waals surface area contributed by atoms with Crippen LogP contribution in [-0.2, 0) is 0 Å². The molecule has 0 aliphatic carbocycles. The Labute approximate surface area is 83.5 Å². The van der Waals surface area contributed by atoms with Gasteiger partial charge in [-0.15, -0.1) is 0 Å². The molecule has 1 nitrogen and oxygen atoms in total. The van der Waals surface area contributed by atoms with Crippen molar-refractivity contribution in [2.45, 2.75) is 24.7 Å². The van der Waals surface area contributed by atoms with Crippen LogP contribution in [0.1, 0.15) is 13.3 Å². The number of para-hydroxylation sites is 1. The predicted octanol–water partition coefficient (Wildman–Crippen LogP) is 2.96. The molecule has 13 heavy (non-hydrogen) atoms.